The van der Waals surface area contributed by atoms with Gasteiger partial charge in [0, 0.05) is 11.1 Å². The number of aliphatic hydroxyl groups is 1. The van der Waals surface area contributed by atoms with Crippen LogP contribution in [0.2, 0.25) is 0 Å². The number of fused-ring (bicyclic) bond motifs is 1. The Kier molecular flexibility index (Phi) is 4.27. The number of rotatable bonds is 1. The van der Waals surface area contributed by atoms with Gasteiger partial charge in [-0.15, -0.1) is 0 Å². The molecule has 1 aliphatic rings. The molecular weight excluding hydrogens is 240 g/mol. The Hall–Kier alpha value is -1.74. The molecule has 1 aliphatic carbocycles. The Balaban J connectivity index is 2.49. The van der Waals surface area contributed by atoms with Crippen LogP contribution < -0.4 is 0 Å². The van der Waals surface area contributed by atoms with Gasteiger partial charge >= 0.3 is 0 Å². The van der Waals surface area contributed by atoms with E-state index in [0.29, 0.717) is 12.8 Å². The molecule has 3 nitrogen and oxygen atoms in total. The molecule has 0 unspecified atom stereocenters. The zero-order valence-corrected chi connectivity index (χ0v) is 11.2. The maximum Gasteiger partial charge on any atom is 0.119 e. The highest BCUT2D eigenvalue weighted by Gasteiger charge is 2.13. The third-order valence-electron chi connectivity index (χ3n) is 3.59. The van der Waals surface area contributed by atoms with Crippen molar-refractivity contribution in [2.75, 3.05) is 6.61 Å². The summed E-state index contributed by atoms with van der Waals surface area (Å²) in [6.45, 7) is 2.07. The summed E-state index contributed by atoms with van der Waals surface area (Å²) in [4.78, 5) is 0. The number of hydrogen-bond donors (Lipinski definition) is 3. The summed E-state index contributed by atoms with van der Waals surface area (Å²) in [5.74, 6) is 0.426. The maximum atomic E-state index is 9.99. The largest absolute Gasteiger partial charge is 0.508 e. The fourth-order valence-corrected chi connectivity index (χ4v) is 2.44. The van der Waals surface area contributed by atoms with Gasteiger partial charge in [0.25, 0.3) is 0 Å². The van der Waals surface area contributed by atoms with Crippen LogP contribution >= 0.6 is 0 Å². The van der Waals surface area contributed by atoms with Crippen LogP contribution in [0.5, 0.6) is 11.5 Å². The number of allylic oxidation sites excluding steroid dienone is 3. The summed E-state index contributed by atoms with van der Waals surface area (Å²) < 4.78 is 0. The normalized spacial score (nSPS) is 21.8. The van der Waals surface area contributed by atoms with E-state index in [9.17, 15) is 15.3 Å². The van der Waals surface area contributed by atoms with Gasteiger partial charge in [-0.2, -0.15) is 0 Å². The van der Waals surface area contributed by atoms with Gasteiger partial charge in [0.05, 0.1) is 6.61 Å². The van der Waals surface area contributed by atoms with E-state index in [2.05, 4.69) is 6.08 Å². The highest BCUT2D eigenvalue weighted by Crippen LogP contribution is 2.32. The molecule has 102 valence electrons. The second kappa shape index (κ2) is 5.93. The van der Waals surface area contributed by atoms with Crippen molar-refractivity contribution in [1.82, 2.24) is 0 Å². The average Bonchev–Trinajstić information content (AvgIpc) is 2.40. The number of phenolic OH excluding ortho intramolecular Hbond substituents is 2. The summed E-state index contributed by atoms with van der Waals surface area (Å²) in [5, 5.41) is 29.3. The zero-order chi connectivity index (χ0) is 13.8. The summed E-state index contributed by atoms with van der Waals surface area (Å²) in [6, 6.07) is 3.05. The molecule has 0 bridgehead atoms. The summed E-state index contributed by atoms with van der Waals surface area (Å²) in [7, 11) is 0. The third-order valence-corrected chi connectivity index (χ3v) is 3.59. The van der Waals surface area contributed by atoms with Gasteiger partial charge < -0.3 is 15.3 Å². The molecule has 0 aromatic heterocycles. The molecule has 19 heavy (non-hydrogen) atoms. The minimum atomic E-state index is 0.0435. The SMILES string of the molecule is C/C1=C/CC/C(CO)=C/Cc2c(O)ccc(O)c2C1. The Morgan fingerprint density at radius 2 is 1.74 bits per heavy atom. The third kappa shape index (κ3) is 3.18. The monoisotopic (exact) mass is 260 g/mol. The topological polar surface area (TPSA) is 60.7 Å². The van der Waals surface area contributed by atoms with Gasteiger partial charge in [-0.3, -0.25) is 0 Å². The lowest BCUT2D eigenvalue weighted by atomic mass is 9.93. The number of hydrogen-bond acceptors (Lipinski definition) is 3. The van der Waals surface area contributed by atoms with Crippen molar-refractivity contribution < 1.29 is 15.3 Å². The predicted octanol–water partition coefficient (Wildman–Crippen LogP) is 2.84. The minimum Gasteiger partial charge on any atom is -0.508 e. The van der Waals surface area contributed by atoms with E-state index in [1.807, 2.05) is 13.0 Å². The molecule has 0 spiro atoms. The first kappa shape index (κ1) is 13.7. The maximum absolute atomic E-state index is 9.99. The minimum absolute atomic E-state index is 0.0435. The predicted molar refractivity (Wildman–Crippen MR) is 75.3 cm³/mol. The molecule has 2 rings (SSSR count). The summed E-state index contributed by atoms with van der Waals surface area (Å²) in [5.41, 5.74) is 3.67. The lowest BCUT2D eigenvalue weighted by molar-refractivity contribution is 0.326. The molecule has 0 saturated heterocycles. The number of aliphatic hydroxyl groups excluding tert-OH is 1. The fraction of sp³-hybridized carbons (Fsp3) is 0.375. The van der Waals surface area contributed by atoms with Crippen LogP contribution in [-0.4, -0.2) is 21.9 Å². The lowest BCUT2D eigenvalue weighted by Gasteiger charge is -2.15. The highest BCUT2D eigenvalue weighted by atomic mass is 16.3. The van der Waals surface area contributed by atoms with Crippen LogP contribution in [0.1, 0.15) is 30.9 Å². The van der Waals surface area contributed by atoms with E-state index < -0.39 is 0 Å². The Morgan fingerprint density at radius 3 is 2.42 bits per heavy atom. The fourth-order valence-electron chi connectivity index (χ4n) is 2.44. The van der Waals surface area contributed by atoms with Crippen LogP contribution in [0, 0.1) is 0 Å². The second-order valence-corrected chi connectivity index (χ2v) is 5.05. The highest BCUT2D eigenvalue weighted by molar-refractivity contribution is 5.50. The van der Waals surface area contributed by atoms with E-state index in [1.54, 1.807) is 0 Å². The van der Waals surface area contributed by atoms with Crippen molar-refractivity contribution in [3.05, 3.63) is 46.6 Å². The van der Waals surface area contributed by atoms with Gasteiger partial charge in [0.15, 0.2) is 0 Å². The standard InChI is InChI=1S/C16H20O3/c1-11-3-2-4-12(10-17)5-6-13-14(9-11)16(19)8-7-15(13)18/h3,5,7-8,17-19H,2,4,6,9-10H2,1H3/b11-3-,12-5-. The van der Waals surface area contributed by atoms with Crippen molar-refractivity contribution in [3.63, 3.8) is 0 Å². The molecule has 3 N–H and O–H groups in total. The molecule has 0 heterocycles. The van der Waals surface area contributed by atoms with Crippen molar-refractivity contribution in [3.8, 4) is 11.5 Å². The van der Waals surface area contributed by atoms with E-state index in [-0.39, 0.29) is 18.1 Å². The number of benzene rings is 1. The second-order valence-electron chi connectivity index (χ2n) is 5.05. The first-order valence-corrected chi connectivity index (χ1v) is 6.59. The molecule has 1 aromatic carbocycles. The van der Waals surface area contributed by atoms with Crippen LogP contribution in [0.4, 0.5) is 0 Å². The number of aromatic hydroxyl groups is 2. The molecule has 0 aliphatic heterocycles. The van der Waals surface area contributed by atoms with Crippen molar-refractivity contribution >= 4 is 0 Å². The van der Waals surface area contributed by atoms with Gasteiger partial charge in [-0.1, -0.05) is 17.7 Å². The quantitative estimate of drug-likeness (QED) is 0.537. The van der Waals surface area contributed by atoms with Gasteiger partial charge in [-0.25, -0.2) is 0 Å². The van der Waals surface area contributed by atoms with E-state index >= 15 is 0 Å². The van der Waals surface area contributed by atoms with Gasteiger partial charge in [0.1, 0.15) is 11.5 Å². The van der Waals surface area contributed by atoms with Crippen LogP contribution in [0.25, 0.3) is 0 Å². The first-order chi connectivity index (χ1) is 9.11. The number of phenols is 2. The summed E-state index contributed by atoms with van der Waals surface area (Å²) >= 11 is 0. The van der Waals surface area contributed by atoms with E-state index in [1.165, 1.54) is 17.7 Å². The Bertz CT molecular complexity index is 527. The van der Waals surface area contributed by atoms with Crippen molar-refractivity contribution in [2.45, 2.75) is 32.6 Å². The average molecular weight is 260 g/mol. The molecule has 0 radical (unpaired) electrons. The summed E-state index contributed by atoms with van der Waals surface area (Å²) in [6.07, 6.45) is 7.00. The smallest absolute Gasteiger partial charge is 0.119 e. The van der Waals surface area contributed by atoms with Gasteiger partial charge in [0.2, 0.25) is 0 Å². The van der Waals surface area contributed by atoms with E-state index in [0.717, 1.165) is 29.5 Å². The zero-order valence-electron chi connectivity index (χ0n) is 11.2. The first-order valence-electron chi connectivity index (χ1n) is 6.59. The molecule has 3 heteroatoms. The molecule has 1 aromatic rings. The van der Waals surface area contributed by atoms with Crippen molar-refractivity contribution in [2.24, 2.45) is 0 Å². The van der Waals surface area contributed by atoms with E-state index in [4.69, 9.17) is 0 Å². The van der Waals surface area contributed by atoms with Crippen LogP contribution in [0.15, 0.2) is 35.4 Å². The molecule has 0 fully saturated rings. The Labute approximate surface area is 113 Å². The molecule has 0 amide bonds. The molecule has 0 saturated carbocycles. The van der Waals surface area contributed by atoms with Gasteiger partial charge in [-0.05, 0) is 50.3 Å². The van der Waals surface area contributed by atoms with Crippen molar-refractivity contribution in [1.29, 1.82) is 0 Å². The Morgan fingerprint density at radius 1 is 1.05 bits per heavy atom. The molecule has 0 atom stereocenters. The lowest BCUT2D eigenvalue weighted by Crippen LogP contribution is -2.00. The van der Waals surface area contributed by atoms with Crippen LogP contribution in [-0.2, 0) is 12.8 Å². The molecular formula is C16H20O3. The van der Waals surface area contributed by atoms with Crippen LogP contribution in [0.3, 0.4) is 0 Å².